The molecule has 3 nitrogen and oxygen atoms in total. The zero-order valence-corrected chi connectivity index (χ0v) is 7.84. The molecule has 1 fully saturated rings. The molecule has 1 rings (SSSR count). The van der Waals surface area contributed by atoms with Gasteiger partial charge in [-0.1, -0.05) is 0 Å². The highest BCUT2D eigenvalue weighted by molar-refractivity contribution is 4.83. The zero-order chi connectivity index (χ0) is 10.8. The maximum atomic E-state index is 11.9. The van der Waals surface area contributed by atoms with E-state index in [0.29, 0.717) is 0 Å². The molecule has 0 bridgehead atoms. The second-order valence-corrected chi connectivity index (χ2v) is 3.60. The van der Waals surface area contributed by atoms with Crippen LogP contribution in [0.15, 0.2) is 0 Å². The molecule has 1 heterocycles. The topological polar surface area (TPSA) is 41.5 Å². The maximum absolute atomic E-state index is 11.9. The number of hydrogen-bond acceptors (Lipinski definition) is 3. The third-order valence-corrected chi connectivity index (χ3v) is 2.09. The number of alkyl halides is 3. The molecule has 14 heavy (non-hydrogen) atoms. The minimum Gasteiger partial charge on any atom is -0.389 e. The second kappa shape index (κ2) is 4.46. The van der Waals surface area contributed by atoms with Gasteiger partial charge in [-0.3, -0.25) is 0 Å². The summed E-state index contributed by atoms with van der Waals surface area (Å²) in [7, 11) is 0. The highest BCUT2D eigenvalue weighted by atomic mass is 19.4. The summed E-state index contributed by atoms with van der Waals surface area (Å²) in [4.78, 5) is 0. The molecule has 84 valence electrons. The van der Waals surface area contributed by atoms with E-state index in [4.69, 9.17) is 4.74 Å². The first kappa shape index (κ1) is 11.7. The first-order valence-corrected chi connectivity index (χ1v) is 4.47. The van der Waals surface area contributed by atoms with Crippen LogP contribution in [-0.4, -0.2) is 42.7 Å². The second-order valence-electron chi connectivity index (χ2n) is 3.60. The molecule has 6 heteroatoms. The minimum atomic E-state index is -4.17. The van der Waals surface area contributed by atoms with Crippen molar-refractivity contribution < 1.29 is 23.0 Å². The van der Waals surface area contributed by atoms with E-state index < -0.39 is 24.7 Å². The number of hydrogen-bond donors (Lipinski definition) is 2. The molecule has 2 N–H and O–H groups in total. The Hall–Kier alpha value is -0.330. The highest BCUT2D eigenvalue weighted by Gasteiger charge is 2.33. The number of ether oxygens (including phenoxy) is 1. The van der Waals surface area contributed by atoms with Crippen molar-refractivity contribution in [2.45, 2.75) is 37.7 Å². The van der Waals surface area contributed by atoms with Gasteiger partial charge in [0.1, 0.15) is 0 Å². The Morgan fingerprint density at radius 2 is 2.14 bits per heavy atom. The molecule has 3 unspecified atom stereocenters. The van der Waals surface area contributed by atoms with Gasteiger partial charge in [-0.05, 0) is 6.92 Å². The number of nitrogens with one attached hydrogen (secondary N) is 1. The molecule has 0 amide bonds. The predicted octanol–water partition coefficient (Wildman–Crippen LogP) is 0.677. The monoisotopic (exact) mass is 213 g/mol. The van der Waals surface area contributed by atoms with Gasteiger partial charge in [0.2, 0.25) is 0 Å². The quantitative estimate of drug-likeness (QED) is 0.724. The summed E-state index contributed by atoms with van der Waals surface area (Å²) in [6.45, 7) is 1.90. The summed E-state index contributed by atoms with van der Waals surface area (Å²) in [5.41, 5.74) is 0. The van der Waals surface area contributed by atoms with Crippen molar-refractivity contribution in [3.05, 3.63) is 0 Å². The van der Waals surface area contributed by atoms with Crippen molar-refractivity contribution in [3.63, 3.8) is 0 Å². The smallest absolute Gasteiger partial charge is 0.389 e. The fourth-order valence-electron chi connectivity index (χ4n) is 1.47. The molecular weight excluding hydrogens is 199 g/mol. The molecule has 0 aromatic heterocycles. The molecule has 0 saturated carbocycles. The lowest BCUT2D eigenvalue weighted by atomic mass is 10.1. The molecule has 3 atom stereocenters. The fourth-order valence-corrected chi connectivity index (χ4v) is 1.47. The van der Waals surface area contributed by atoms with Crippen LogP contribution in [0, 0.1) is 0 Å². The Morgan fingerprint density at radius 3 is 2.57 bits per heavy atom. The average molecular weight is 213 g/mol. The van der Waals surface area contributed by atoms with Gasteiger partial charge in [0.15, 0.2) is 0 Å². The number of halogens is 3. The van der Waals surface area contributed by atoms with E-state index >= 15 is 0 Å². The summed E-state index contributed by atoms with van der Waals surface area (Å²) in [5, 5.41) is 12.0. The number of aliphatic hydroxyl groups excluding tert-OH is 1. The van der Waals surface area contributed by atoms with Crippen LogP contribution in [0.4, 0.5) is 13.2 Å². The molecule has 1 aliphatic heterocycles. The van der Waals surface area contributed by atoms with E-state index in [1.807, 2.05) is 0 Å². The Kier molecular flexibility index (Phi) is 3.74. The van der Waals surface area contributed by atoms with Crippen molar-refractivity contribution in [1.82, 2.24) is 5.32 Å². The van der Waals surface area contributed by atoms with Gasteiger partial charge in [0.05, 0.1) is 31.8 Å². The van der Waals surface area contributed by atoms with Crippen molar-refractivity contribution in [1.29, 1.82) is 0 Å². The van der Waals surface area contributed by atoms with Crippen LogP contribution in [0.3, 0.4) is 0 Å². The average Bonchev–Trinajstić information content (AvgIpc) is 2.32. The van der Waals surface area contributed by atoms with Gasteiger partial charge in [-0.15, -0.1) is 0 Å². The van der Waals surface area contributed by atoms with Crippen LogP contribution in [-0.2, 0) is 4.74 Å². The molecule has 1 saturated heterocycles. The van der Waals surface area contributed by atoms with E-state index in [9.17, 15) is 18.3 Å². The van der Waals surface area contributed by atoms with Crippen molar-refractivity contribution >= 4 is 0 Å². The standard InChI is InChI=1S/C8H14F3NO2/c1-5(2-8(9,10)11)12-6-3-14-4-7(6)13/h5-7,12-13H,2-4H2,1H3. The predicted molar refractivity (Wildman–Crippen MR) is 43.9 cm³/mol. The third kappa shape index (κ3) is 3.81. The van der Waals surface area contributed by atoms with Gasteiger partial charge in [-0.2, -0.15) is 13.2 Å². The lowest BCUT2D eigenvalue weighted by Gasteiger charge is -2.21. The molecule has 0 aromatic carbocycles. The Bertz CT molecular complexity index is 186. The molecule has 0 spiro atoms. The van der Waals surface area contributed by atoms with Gasteiger partial charge in [-0.25, -0.2) is 0 Å². The summed E-state index contributed by atoms with van der Waals surface area (Å²) in [6.07, 6.45) is -5.77. The summed E-state index contributed by atoms with van der Waals surface area (Å²) in [6, 6.07) is -1.08. The first-order chi connectivity index (χ1) is 6.38. The van der Waals surface area contributed by atoms with E-state index in [1.165, 1.54) is 6.92 Å². The fraction of sp³-hybridized carbons (Fsp3) is 1.00. The Labute approximate surface area is 80.2 Å². The van der Waals surface area contributed by atoms with Crippen LogP contribution in [0.5, 0.6) is 0 Å². The van der Waals surface area contributed by atoms with Gasteiger partial charge in [0.25, 0.3) is 0 Å². The Morgan fingerprint density at radius 1 is 1.50 bits per heavy atom. The molecule has 1 aliphatic rings. The van der Waals surface area contributed by atoms with Crippen LogP contribution in [0.2, 0.25) is 0 Å². The molecular formula is C8H14F3NO2. The third-order valence-electron chi connectivity index (χ3n) is 2.09. The van der Waals surface area contributed by atoms with Crippen LogP contribution in [0.25, 0.3) is 0 Å². The minimum absolute atomic E-state index is 0.191. The van der Waals surface area contributed by atoms with Crippen molar-refractivity contribution in [2.75, 3.05) is 13.2 Å². The summed E-state index contributed by atoms with van der Waals surface area (Å²) < 4.78 is 40.7. The van der Waals surface area contributed by atoms with Crippen molar-refractivity contribution in [2.24, 2.45) is 0 Å². The van der Waals surface area contributed by atoms with Crippen molar-refractivity contribution in [3.8, 4) is 0 Å². The lowest BCUT2D eigenvalue weighted by molar-refractivity contribution is -0.139. The normalized spacial score (nSPS) is 30.6. The maximum Gasteiger partial charge on any atom is 0.390 e. The highest BCUT2D eigenvalue weighted by Crippen LogP contribution is 2.22. The van der Waals surface area contributed by atoms with Crippen LogP contribution < -0.4 is 5.32 Å². The SMILES string of the molecule is CC(CC(F)(F)F)NC1COCC1O. The number of aliphatic hydroxyl groups is 1. The van der Waals surface area contributed by atoms with Crippen LogP contribution >= 0.6 is 0 Å². The van der Waals surface area contributed by atoms with Gasteiger partial charge in [0, 0.05) is 6.04 Å². The largest absolute Gasteiger partial charge is 0.390 e. The Balaban J connectivity index is 2.29. The van der Waals surface area contributed by atoms with Crippen LogP contribution in [0.1, 0.15) is 13.3 Å². The first-order valence-electron chi connectivity index (χ1n) is 4.47. The van der Waals surface area contributed by atoms with E-state index in [0.717, 1.165) is 0 Å². The molecule has 0 radical (unpaired) electrons. The van der Waals surface area contributed by atoms with E-state index in [1.54, 1.807) is 0 Å². The summed E-state index contributed by atoms with van der Waals surface area (Å²) in [5.74, 6) is 0. The van der Waals surface area contributed by atoms with E-state index in [2.05, 4.69) is 5.32 Å². The number of rotatable bonds is 3. The summed E-state index contributed by atoms with van der Waals surface area (Å²) >= 11 is 0. The molecule has 0 aromatic rings. The lowest BCUT2D eigenvalue weighted by Crippen LogP contribution is -2.45. The van der Waals surface area contributed by atoms with E-state index in [-0.39, 0.29) is 19.3 Å². The van der Waals surface area contributed by atoms with Gasteiger partial charge >= 0.3 is 6.18 Å². The van der Waals surface area contributed by atoms with Gasteiger partial charge < -0.3 is 15.2 Å². The molecule has 0 aliphatic carbocycles. The zero-order valence-electron chi connectivity index (χ0n) is 7.84.